The molecule has 90 valence electrons. The third-order valence-electron chi connectivity index (χ3n) is 1.96. The highest BCUT2D eigenvalue weighted by molar-refractivity contribution is 6.15. The van der Waals surface area contributed by atoms with Crippen LogP contribution in [-0.2, 0) is 19.1 Å². The molecule has 1 aliphatic heterocycles. The van der Waals surface area contributed by atoms with Crippen LogP contribution >= 0.6 is 0 Å². The van der Waals surface area contributed by atoms with E-state index in [1.165, 1.54) is 13.0 Å². The van der Waals surface area contributed by atoms with Gasteiger partial charge in [0, 0.05) is 12.6 Å². The van der Waals surface area contributed by atoms with Gasteiger partial charge in [-0.3, -0.25) is 14.4 Å². The molecular formula is C11H12N2O4. The molecule has 0 fully saturated rings. The number of hydrogen-bond donors (Lipinski definition) is 1. The second-order valence-corrected chi connectivity index (χ2v) is 3.41. The van der Waals surface area contributed by atoms with E-state index in [9.17, 15) is 14.4 Å². The normalized spacial score (nSPS) is 14.9. The summed E-state index contributed by atoms with van der Waals surface area (Å²) in [6.45, 7) is 6.07. The minimum Gasteiger partial charge on any atom is -0.456 e. The van der Waals surface area contributed by atoms with Crippen molar-refractivity contribution in [3.05, 3.63) is 23.9 Å². The van der Waals surface area contributed by atoms with Crippen LogP contribution in [0.15, 0.2) is 28.9 Å². The van der Waals surface area contributed by atoms with Crippen molar-refractivity contribution in [3.8, 4) is 0 Å². The third kappa shape index (κ3) is 3.67. The van der Waals surface area contributed by atoms with E-state index in [0.29, 0.717) is 11.3 Å². The Morgan fingerprint density at radius 3 is 2.76 bits per heavy atom. The molecule has 6 nitrogen and oxygen atoms in total. The Morgan fingerprint density at radius 1 is 1.53 bits per heavy atom. The zero-order valence-electron chi connectivity index (χ0n) is 9.57. The molecule has 0 aliphatic carbocycles. The van der Waals surface area contributed by atoms with E-state index in [0.717, 1.165) is 0 Å². The van der Waals surface area contributed by atoms with E-state index < -0.39 is 24.4 Å². The first-order chi connectivity index (χ1) is 7.90. The number of rotatable bonds is 3. The fraction of sp³-hybridized carbons (Fsp3) is 0.273. The van der Waals surface area contributed by atoms with Gasteiger partial charge in [0.1, 0.15) is 5.70 Å². The summed E-state index contributed by atoms with van der Waals surface area (Å²) in [6, 6.07) is 0. The molecule has 1 aliphatic rings. The van der Waals surface area contributed by atoms with E-state index in [-0.39, 0.29) is 5.70 Å². The van der Waals surface area contributed by atoms with Crippen molar-refractivity contribution in [1.29, 1.82) is 0 Å². The van der Waals surface area contributed by atoms with E-state index >= 15 is 0 Å². The molecule has 0 atom stereocenters. The summed E-state index contributed by atoms with van der Waals surface area (Å²) in [6.07, 6.45) is 1.43. The van der Waals surface area contributed by atoms with Crippen molar-refractivity contribution in [2.24, 2.45) is 4.99 Å². The molecule has 1 N–H and O–H groups in total. The summed E-state index contributed by atoms with van der Waals surface area (Å²) in [5.74, 6) is -1.71. The summed E-state index contributed by atoms with van der Waals surface area (Å²) < 4.78 is 4.48. The molecule has 0 unspecified atom stereocenters. The van der Waals surface area contributed by atoms with Gasteiger partial charge >= 0.3 is 5.97 Å². The van der Waals surface area contributed by atoms with Crippen molar-refractivity contribution in [1.82, 2.24) is 5.32 Å². The van der Waals surface area contributed by atoms with E-state index in [2.05, 4.69) is 21.6 Å². The van der Waals surface area contributed by atoms with Crippen molar-refractivity contribution in [2.45, 2.75) is 13.8 Å². The molecule has 17 heavy (non-hydrogen) atoms. The Balaban J connectivity index is 2.61. The van der Waals surface area contributed by atoms with Gasteiger partial charge in [0.05, 0.1) is 0 Å². The van der Waals surface area contributed by atoms with Crippen LogP contribution in [0.25, 0.3) is 0 Å². The van der Waals surface area contributed by atoms with Crippen molar-refractivity contribution in [2.75, 3.05) is 6.61 Å². The molecule has 2 amide bonds. The number of esters is 1. The average Bonchev–Trinajstić information content (AvgIpc) is 2.23. The number of ether oxygens (including phenoxy) is 1. The molecule has 0 saturated carbocycles. The van der Waals surface area contributed by atoms with Gasteiger partial charge in [-0.25, -0.2) is 4.99 Å². The van der Waals surface area contributed by atoms with Gasteiger partial charge in [-0.15, -0.1) is 0 Å². The Labute approximate surface area is 98.0 Å². The topological polar surface area (TPSA) is 84.8 Å². The van der Waals surface area contributed by atoms with Crippen molar-refractivity contribution < 1.29 is 19.1 Å². The minimum atomic E-state index is -0.595. The van der Waals surface area contributed by atoms with Crippen molar-refractivity contribution >= 4 is 23.5 Å². The average molecular weight is 236 g/mol. The SMILES string of the molecule is C=C1C=C(NC(=O)COC(C)=O)C(=O)N=C1C. The van der Waals surface area contributed by atoms with Gasteiger partial charge in [0.15, 0.2) is 6.61 Å². The summed E-state index contributed by atoms with van der Waals surface area (Å²) >= 11 is 0. The van der Waals surface area contributed by atoms with E-state index in [1.807, 2.05) is 0 Å². The first-order valence-electron chi connectivity index (χ1n) is 4.84. The molecule has 0 spiro atoms. The lowest BCUT2D eigenvalue weighted by atomic mass is 10.1. The minimum absolute atomic E-state index is 0.0257. The number of allylic oxidation sites excluding steroid dienone is 2. The van der Waals surface area contributed by atoms with Crippen LogP contribution in [0.2, 0.25) is 0 Å². The quantitative estimate of drug-likeness (QED) is 0.704. The number of amides is 2. The highest BCUT2D eigenvalue weighted by Gasteiger charge is 2.18. The largest absolute Gasteiger partial charge is 0.456 e. The van der Waals surface area contributed by atoms with Gasteiger partial charge in [-0.1, -0.05) is 6.58 Å². The smallest absolute Gasteiger partial charge is 0.303 e. The molecule has 0 bridgehead atoms. The number of nitrogens with zero attached hydrogens (tertiary/aromatic N) is 1. The lowest BCUT2D eigenvalue weighted by Gasteiger charge is -2.12. The maximum Gasteiger partial charge on any atom is 0.303 e. The number of aliphatic imine (C=N–C) groups is 1. The van der Waals surface area contributed by atoms with Gasteiger partial charge in [0.2, 0.25) is 0 Å². The molecule has 0 aromatic heterocycles. The predicted octanol–water partition coefficient (Wildman–Crippen LogP) is 0.107. The van der Waals surface area contributed by atoms with Gasteiger partial charge in [-0.2, -0.15) is 0 Å². The molecule has 0 radical (unpaired) electrons. The summed E-state index contributed by atoms with van der Waals surface area (Å²) in [7, 11) is 0. The first kappa shape index (κ1) is 12.8. The summed E-state index contributed by atoms with van der Waals surface area (Å²) in [5, 5.41) is 2.30. The number of dihydropyridines is 1. The van der Waals surface area contributed by atoms with E-state index in [1.54, 1.807) is 6.92 Å². The number of hydrogen-bond acceptors (Lipinski definition) is 4. The van der Waals surface area contributed by atoms with E-state index in [4.69, 9.17) is 0 Å². The highest BCUT2D eigenvalue weighted by atomic mass is 16.5. The molecule has 0 saturated heterocycles. The Bertz CT molecular complexity index is 460. The fourth-order valence-electron chi connectivity index (χ4n) is 1.07. The molecule has 6 heteroatoms. The summed E-state index contributed by atoms with van der Waals surface area (Å²) in [5.41, 5.74) is 1.08. The van der Waals surface area contributed by atoms with Crippen LogP contribution in [0.5, 0.6) is 0 Å². The third-order valence-corrected chi connectivity index (χ3v) is 1.96. The van der Waals surface area contributed by atoms with Crippen LogP contribution in [0.3, 0.4) is 0 Å². The van der Waals surface area contributed by atoms with Gasteiger partial charge < -0.3 is 10.1 Å². The zero-order valence-corrected chi connectivity index (χ0v) is 9.57. The second kappa shape index (κ2) is 5.20. The molecule has 0 aromatic carbocycles. The van der Waals surface area contributed by atoms with Crippen molar-refractivity contribution in [3.63, 3.8) is 0 Å². The van der Waals surface area contributed by atoms with Gasteiger partial charge in [-0.05, 0) is 18.6 Å². The van der Waals surface area contributed by atoms with Crippen LogP contribution in [0.1, 0.15) is 13.8 Å². The number of carbonyl (C=O) groups is 3. The van der Waals surface area contributed by atoms with Crippen LogP contribution < -0.4 is 5.32 Å². The number of nitrogens with one attached hydrogen (secondary N) is 1. The lowest BCUT2D eigenvalue weighted by molar-refractivity contribution is -0.146. The van der Waals surface area contributed by atoms with Crippen LogP contribution in [-0.4, -0.2) is 30.1 Å². The monoisotopic (exact) mass is 236 g/mol. The predicted molar refractivity (Wildman–Crippen MR) is 60.1 cm³/mol. The Morgan fingerprint density at radius 2 is 2.18 bits per heavy atom. The van der Waals surface area contributed by atoms with Crippen LogP contribution in [0.4, 0.5) is 0 Å². The zero-order chi connectivity index (χ0) is 13.0. The van der Waals surface area contributed by atoms with Crippen LogP contribution in [0, 0.1) is 0 Å². The highest BCUT2D eigenvalue weighted by Crippen LogP contribution is 2.09. The molecular weight excluding hydrogens is 224 g/mol. The summed E-state index contributed by atoms with van der Waals surface area (Å²) in [4.78, 5) is 36.9. The Kier molecular flexibility index (Phi) is 3.92. The maximum absolute atomic E-state index is 11.4. The second-order valence-electron chi connectivity index (χ2n) is 3.41. The Hall–Kier alpha value is -2.24. The molecule has 0 aromatic rings. The fourth-order valence-corrected chi connectivity index (χ4v) is 1.07. The standard InChI is InChI=1S/C11H12N2O4/c1-6-4-9(11(16)12-7(6)2)13-10(15)5-17-8(3)14/h4H,1,5H2,2-3H3,(H,13,15). The molecule has 1 heterocycles. The van der Waals surface area contributed by atoms with Gasteiger partial charge in [0.25, 0.3) is 11.8 Å². The first-order valence-corrected chi connectivity index (χ1v) is 4.84. The lowest BCUT2D eigenvalue weighted by Crippen LogP contribution is -2.32. The molecule has 1 rings (SSSR count). The number of carbonyl (C=O) groups excluding carboxylic acids is 3. The maximum atomic E-state index is 11.4.